The molecule has 0 aliphatic carbocycles. The first-order chi connectivity index (χ1) is 12.0. The van der Waals surface area contributed by atoms with Gasteiger partial charge in [0.2, 0.25) is 0 Å². The topological polar surface area (TPSA) is 87.2 Å². The number of β-amino-alcohol motifs (C(OH)–C–C–N with tert-alkyl or cyclic N) is 1. The lowest BCUT2D eigenvalue weighted by Crippen LogP contribution is -2.33. The molecule has 1 aliphatic rings. The molecule has 7 heteroatoms. The molecule has 2 heterocycles. The second-order valence-corrected chi connectivity index (χ2v) is 6.72. The number of aliphatic hydroxyl groups is 1. The van der Waals surface area contributed by atoms with E-state index in [4.69, 9.17) is 10.00 Å². The summed E-state index contributed by atoms with van der Waals surface area (Å²) in [6.07, 6.45) is 2.47. The Morgan fingerprint density at radius 3 is 2.76 bits per heavy atom. The Balaban J connectivity index is 1.51. The number of likely N-dealkylation sites (tertiary alicyclic amines) is 1. The van der Waals surface area contributed by atoms with E-state index in [1.807, 2.05) is 20.0 Å². The van der Waals surface area contributed by atoms with Crippen molar-refractivity contribution in [3.63, 3.8) is 0 Å². The second kappa shape index (κ2) is 7.21. The van der Waals surface area contributed by atoms with Crippen LogP contribution < -0.4 is 4.74 Å². The van der Waals surface area contributed by atoms with Crippen molar-refractivity contribution in [2.45, 2.75) is 31.9 Å². The molecule has 1 fully saturated rings. The average molecular weight is 341 g/mol. The van der Waals surface area contributed by atoms with Gasteiger partial charge in [-0.3, -0.25) is 4.90 Å². The smallest absolute Gasteiger partial charge is 0.124 e. The predicted octanol–water partition coefficient (Wildman–Crippen LogP) is 1.70. The van der Waals surface area contributed by atoms with Crippen molar-refractivity contribution in [3.8, 4) is 11.8 Å². The van der Waals surface area contributed by atoms with Gasteiger partial charge in [-0.05, 0) is 44.5 Å². The van der Waals surface area contributed by atoms with Gasteiger partial charge in [-0.25, -0.2) is 4.68 Å². The van der Waals surface area contributed by atoms with Crippen molar-refractivity contribution < 1.29 is 9.84 Å². The normalized spacial score (nSPS) is 20.8. The van der Waals surface area contributed by atoms with E-state index in [1.165, 1.54) is 0 Å². The Labute approximate surface area is 147 Å². The summed E-state index contributed by atoms with van der Waals surface area (Å²) in [6.45, 7) is 6.64. The highest BCUT2D eigenvalue weighted by atomic mass is 16.5. The van der Waals surface area contributed by atoms with Crippen molar-refractivity contribution in [2.75, 3.05) is 26.2 Å². The van der Waals surface area contributed by atoms with E-state index in [0.29, 0.717) is 30.8 Å². The maximum Gasteiger partial charge on any atom is 0.124 e. The molecule has 0 amide bonds. The van der Waals surface area contributed by atoms with E-state index >= 15 is 0 Å². The van der Waals surface area contributed by atoms with E-state index in [2.05, 4.69) is 21.3 Å². The maximum atomic E-state index is 10.9. The van der Waals surface area contributed by atoms with Crippen molar-refractivity contribution in [2.24, 2.45) is 0 Å². The molecule has 2 aromatic rings. The SMILES string of the molecule is CC(C)n1cc([C@@]2(O)CCN(CCOc3ccc(C#N)cc3)C2)nn1. The molecule has 0 spiro atoms. The monoisotopic (exact) mass is 341 g/mol. The Morgan fingerprint density at radius 1 is 1.36 bits per heavy atom. The Morgan fingerprint density at radius 2 is 2.12 bits per heavy atom. The standard InChI is InChI=1S/C18H23N5O2/c1-14(2)23-12-17(20-21-23)18(24)7-8-22(13-18)9-10-25-16-5-3-15(11-19)4-6-16/h3-6,12,14,24H,7-10,13H2,1-2H3/t18-/m1/s1. The van der Waals surface area contributed by atoms with Gasteiger partial charge in [-0.1, -0.05) is 5.21 Å². The van der Waals surface area contributed by atoms with E-state index in [-0.39, 0.29) is 6.04 Å². The predicted molar refractivity (Wildman–Crippen MR) is 92.0 cm³/mol. The van der Waals surface area contributed by atoms with Crippen LogP contribution in [-0.4, -0.2) is 51.2 Å². The molecule has 0 bridgehead atoms. The van der Waals surface area contributed by atoms with E-state index in [9.17, 15) is 5.11 Å². The fourth-order valence-corrected chi connectivity index (χ4v) is 2.93. The van der Waals surface area contributed by atoms with Crippen LogP contribution in [0.5, 0.6) is 5.75 Å². The molecular formula is C18H23N5O2. The number of rotatable bonds is 6. The molecule has 132 valence electrons. The fraction of sp³-hybridized carbons (Fsp3) is 0.500. The zero-order valence-electron chi connectivity index (χ0n) is 14.6. The molecule has 7 nitrogen and oxygen atoms in total. The number of hydrogen-bond acceptors (Lipinski definition) is 6. The highest BCUT2D eigenvalue weighted by Gasteiger charge is 2.40. The Bertz CT molecular complexity index is 750. The third-order valence-corrected chi connectivity index (χ3v) is 4.50. The molecule has 3 rings (SSSR count). The first kappa shape index (κ1) is 17.4. The second-order valence-electron chi connectivity index (χ2n) is 6.72. The van der Waals surface area contributed by atoms with Gasteiger partial charge >= 0.3 is 0 Å². The minimum atomic E-state index is -0.943. The van der Waals surface area contributed by atoms with Crippen LogP contribution >= 0.6 is 0 Å². The summed E-state index contributed by atoms with van der Waals surface area (Å²) in [7, 11) is 0. The average Bonchev–Trinajstić information content (AvgIpc) is 3.24. The number of benzene rings is 1. The Kier molecular flexibility index (Phi) is 5.02. The van der Waals surface area contributed by atoms with Gasteiger partial charge in [0.1, 0.15) is 23.7 Å². The van der Waals surface area contributed by atoms with Crippen molar-refractivity contribution in [3.05, 3.63) is 41.7 Å². The summed E-state index contributed by atoms with van der Waals surface area (Å²) < 4.78 is 7.48. The third-order valence-electron chi connectivity index (χ3n) is 4.50. The first-order valence-electron chi connectivity index (χ1n) is 8.50. The highest BCUT2D eigenvalue weighted by molar-refractivity contribution is 5.34. The lowest BCUT2D eigenvalue weighted by Gasteiger charge is -2.21. The summed E-state index contributed by atoms with van der Waals surface area (Å²) in [4.78, 5) is 2.16. The lowest BCUT2D eigenvalue weighted by molar-refractivity contribution is 0.0403. The van der Waals surface area contributed by atoms with Crippen LogP contribution in [0.25, 0.3) is 0 Å². The van der Waals surface area contributed by atoms with Crippen molar-refractivity contribution in [1.82, 2.24) is 19.9 Å². The van der Waals surface area contributed by atoms with Crippen LogP contribution in [0.15, 0.2) is 30.5 Å². The minimum absolute atomic E-state index is 0.225. The van der Waals surface area contributed by atoms with E-state index in [0.717, 1.165) is 18.8 Å². The van der Waals surface area contributed by atoms with Gasteiger partial charge in [-0.15, -0.1) is 5.10 Å². The maximum absolute atomic E-state index is 10.9. The van der Waals surface area contributed by atoms with Crippen LogP contribution in [-0.2, 0) is 5.60 Å². The van der Waals surface area contributed by atoms with Crippen LogP contribution in [0, 0.1) is 11.3 Å². The lowest BCUT2D eigenvalue weighted by atomic mass is 10.00. The van der Waals surface area contributed by atoms with Crippen LogP contribution in [0.4, 0.5) is 0 Å². The zero-order valence-corrected chi connectivity index (χ0v) is 14.6. The Hall–Kier alpha value is -2.43. The molecule has 1 N–H and O–H groups in total. The minimum Gasteiger partial charge on any atom is -0.492 e. The van der Waals surface area contributed by atoms with Gasteiger partial charge in [0.25, 0.3) is 0 Å². The first-order valence-corrected chi connectivity index (χ1v) is 8.50. The molecule has 0 radical (unpaired) electrons. The molecule has 1 aromatic carbocycles. The van der Waals surface area contributed by atoms with Crippen LogP contribution in [0.2, 0.25) is 0 Å². The molecule has 1 aliphatic heterocycles. The molecular weight excluding hydrogens is 318 g/mol. The quantitative estimate of drug-likeness (QED) is 0.860. The number of hydrogen-bond donors (Lipinski definition) is 1. The third kappa shape index (κ3) is 3.98. The summed E-state index contributed by atoms with van der Waals surface area (Å²) in [5.41, 5.74) is 0.310. The van der Waals surface area contributed by atoms with Crippen LogP contribution in [0.3, 0.4) is 0 Å². The number of nitriles is 1. The van der Waals surface area contributed by atoms with Gasteiger partial charge in [-0.2, -0.15) is 5.26 Å². The summed E-state index contributed by atoms with van der Waals surface area (Å²) in [6, 6.07) is 9.37. The molecule has 1 aromatic heterocycles. The van der Waals surface area contributed by atoms with E-state index in [1.54, 1.807) is 28.9 Å². The van der Waals surface area contributed by atoms with Gasteiger partial charge in [0, 0.05) is 25.7 Å². The van der Waals surface area contributed by atoms with Crippen molar-refractivity contribution >= 4 is 0 Å². The number of aromatic nitrogens is 3. The zero-order chi connectivity index (χ0) is 17.9. The summed E-state index contributed by atoms with van der Waals surface area (Å²) in [5, 5.41) is 27.9. The summed E-state index contributed by atoms with van der Waals surface area (Å²) >= 11 is 0. The van der Waals surface area contributed by atoms with Gasteiger partial charge in [0.05, 0.1) is 17.8 Å². The highest BCUT2D eigenvalue weighted by Crippen LogP contribution is 2.30. The fourth-order valence-electron chi connectivity index (χ4n) is 2.93. The molecule has 25 heavy (non-hydrogen) atoms. The van der Waals surface area contributed by atoms with Gasteiger partial charge < -0.3 is 9.84 Å². The summed E-state index contributed by atoms with van der Waals surface area (Å²) in [5.74, 6) is 0.744. The number of nitrogens with zero attached hydrogens (tertiary/aromatic N) is 5. The molecule has 0 saturated carbocycles. The van der Waals surface area contributed by atoms with E-state index < -0.39 is 5.60 Å². The largest absolute Gasteiger partial charge is 0.492 e. The van der Waals surface area contributed by atoms with Gasteiger partial charge in [0.15, 0.2) is 0 Å². The van der Waals surface area contributed by atoms with Crippen LogP contribution in [0.1, 0.15) is 37.6 Å². The number of ether oxygens (including phenoxy) is 1. The molecule has 0 unspecified atom stereocenters. The molecule has 1 saturated heterocycles. The molecule has 1 atom stereocenters. The van der Waals surface area contributed by atoms with Crippen molar-refractivity contribution in [1.29, 1.82) is 5.26 Å².